The van der Waals surface area contributed by atoms with E-state index in [0.29, 0.717) is 12.5 Å². The summed E-state index contributed by atoms with van der Waals surface area (Å²) in [5, 5.41) is 0. The maximum absolute atomic E-state index is 12.6. The number of aryl methyl sites for hydroxylation is 2. The Bertz CT molecular complexity index is 470. The van der Waals surface area contributed by atoms with Gasteiger partial charge in [0.2, 0.25) is 0 Å². The van der Waals surface area contributed by atoms with E-state index in [2.05, 4.69) is 6.92 Å². The lowest BCUT2D eigenvalue weighted by atomic mass is 9.99. The van der Waals surface area contributed by atoms with Crippen molar-refractivity contribution in [2.45, 2.75) is 39.7 Å². The molecule has 1 heterocycles. The lowest BCUT2D eigenvalue weighted by Gasteiger charge is -2.18. The van der Waals surface area contributed by atoms with Gasteiger partial charge in [-0.25, -0.2) is 0 Å². The molecule has 104 valence electrons. The minimum Gasteiger partial charge on any atom is -0.337 e. The van der Waals surface area contributed by atoms with Crippen LogP contribution in [0.25, 0.3) is 0 Å². The number of nitrogens with zero attached hydrogens (tertiary/aromatic N) is 1. The molecule has 2 rings (SSSR count). The number of carbonyl (C=O) groups excluding carboxylic acids is 1. The Morgan fingerprint density at radius 1 is 1.37 bits per heavy atom. The molecular weight excluding hydrogens is 236 g/mol. The summed E-state index contributed by atoms with van der Waals surface area (Å²) in [6.07, 6.45) is 2.24. The highest BCUT2D eigenvalue weighted by atomic mass is 16.2. The number of amides is 1. The van der Waals surface area contributed by atoms with Crippen molar-refractivity contribution in [1.82, 2.24) is 4.90 Å². The molecule has 0 spiro atoms. The molecule has 19 heavy (non-hydrogen) atoms. The molecule has 3 heteroatoms. The third kappa shape index (κ3) is 2.98. The highest BCUT2D eigenvalue weighted by Gasteiger charge is 2.32. The Morgan fingerprint density at radius 3 is 2.79 bits per heavy atom. The Labute approximate surface area is 115 Å². The standard InChI is InChI=1S/C16H24N2O/c1-4-5-13-9-18(10-15(13)17)16(19)14-8-11(2)6-7-12(14)3/h6-8,13,15H,4-5,9-10,17H2,1-3H3/t13-,15-/m0/s1. The highest BCUT2D eigenvalue weighted by Crippen LogP contribution is 2.23. The molecule has 1 aromatic rings. The molecule has 1 aromatic carbocycles. The third-order valence-corrected chi connectivity index (χ3v) is 4.06. The summed E-state index contributed by atoms with van der Waals surface area (Å²) in [7, 11) is 0. The molecule has 2 N–H and O–H groups in total. The summed E-state index contributed by atoms with van der Waals surface area (Å²) < 4.78 is 0. The van der Waals surface area contributed by atoms with Gasteiger partial charge in [-0.05, 0) is 37.8 Å². The minimum atomic E-state index is 0.133. The van der Waals surface area contributed by atoms with Crippen LogP contribution in [0, 0.1) is 19.8 Å². The van der Waals surface area contributed by atoms with E-state index < -0.39 is 0 Å². The lowest BCUT2D eigenvalue weighted by molar-refractivity contribution is 0.0784. The van der Waals surface area contributed by atoms with Gasteiger partial charge in [-0.1, -0.05) is 31.0 Å². The van der Waals surface area contributed by atoms with Crippen molar-refractivity contribution < 1.29 is 4.79 Å². The number of carbonyl (C=O) groups is 1. The van der Waals surface area contributed by atoms with Gasteiger partial charge in [-0.2, -0.15) is 0 Å². The van der Waals surface area contributed by atoms with Crippen molar-refractivity contribution in [1.29, 1.82) is 0 Å². The molecule has 0 aliphatic carbocycles. The first-order chi connectivity index (χ1) is 9.02. The molecule has 0 aromatic heterocycles. The first kappa shape index (κ1) is 14.1. The van der Waals surface area contributed by atoms with Crippen molar-refractivity contribution in [3.63, 3.8) is 0 Å². The van der Waals surface area contributed by atoms with E-state index >= 15 is 0 Å². The summed E-state index contributed by atoms with van der Waals surface area (Å²) in [6, 6.07) is 6.18. The molecule has 0 radical (unpaired) electrons. The molecule has 2 atom stereocenters. The molecule has 1 aliphatic heterocycles. The zero-order chi connectivity index (χ0) is 14.0. The number of hydrogen-bond acceptors (Lipinski definition) is 2. The normalized spacial score (nSPS) is 22.8. The van der Waals surface area contributed by atoms with Crippen molar-refractivity contribution in [2.75, 3.05) is 13.1 Å². The molecule has 3 nitrogen and oxygen atoms in total. The van der Waals surface area contributed by atoms with Crippen molar-refractivity contribution in [3.8, 4) is 0 Å². The summed E-state index contributed by atoms with van der Waals surface area (Å²) in [6.45, 7) is 7.68. The second-order valence-electron chi connectivity index (χ2n) is 5.74. The molecule has 0 saturated carbocycles. The fourth-order valence-electron chi connectivity index (χ4n) is 2.88. The number of benzene rings is 1. The second kappa shape index (κ2) is 5.74. The minimum absolute atomic E-state index is 0.133. The van der Waals surface area contributed by atoms with E-state index in [0.717, 1.165) is 36.1 Å². The quantitative estimate of drug-likeness (QED) is 0.907. The van der Waals surface area contributed by atoms with Crippen molar-refractivity contribution in [3.05, 3.63) is 34.9 Å². The van der Waals surface area contributed by atoms with Crippen LogP contribution < -0.4 is 5.73 Å². The van der Waals surface area contributed by atoms with E-state index in [1.54, 1.807) is 0 Å². The first-order valence-electron chi connectivity index (χ1n) is 7.15. The van der Waals surface area contributed by atoms with Gasteiger partial charge in [0, 0.05) is 24.7 Å². The lowest BCUT2D eigenvalue weighted by Crippen LogP contribution is -2.32. The van der Waals surface area contributed by atoms with Crippen LogP contribution in [0.4, 0.5) is 0 Å². The van der Waals surface area contributed by atoms with Crippen LogP contribution in [0.5, 0.6) is 0 Å². The van der Waals surface area contributed by atoms with E-state index in [1.165, 1.54) is 0 Å². The monoisotopic (exact) mass is 260 g/mol. The summed E-state index contributed by atoms with van der Waals surface area (Å²) in [5.41, 5.74) is 9.14. The number of likely N-dealkylation sites (tertiary alicyclic amines) is 1. The topological polar surface area (TPSA) is 46.3 Å². The van der Waals surface area contributed by atoms with Gasteiger partial charge in [0.05, 0.1) is 0 Å². The summed E-state index contributed by atoms with van der Waals surface area (Å²) in [4.78, 5) is 14.5. The maximum Gasteiger partial charge on any atom is 0.254 e. The van der Waals surface area contributed by atoms with Crippen molar-refractivity contribution in [2.24, 2.45) is 11.7 Å². The van der Waals surface area contributed by atoms with Crippen LogP contribution in [0.2, 0.25) is 0 Å². The van der Waals surface area contributed by atoms with Crippen LogP contribution in [-0.2, 0) is 0 Å². The van der Waals surface area contributed by atoms with Gasteiger partial charge in [0.1, 0.15) is 0 Å². The molecule has 0 unspecified atom stereocenters. The molecule has 0 bridgehead atoms. The average Bonchev–Trinajstić information content (AvgIpc) is 2.74. The van der Waals surface area contributed by atoms with E-state index in [1.807, 2.05) is 36.9 Å². The van der Waals surface area contributed by atoms with E-state index in [4.69, 9.17) is 5.73 Å². The highest BCUT2D eigenvalue weighted by molar-refractivity contribution is 5.96. The van der Waals surface area contributed by atoms with Gasteiger partial charge < -0.3 is 10.6 Å². The van der Waals surface area contributed by atoms with E-state index in [-0.39, 0.29) is 11.9 Å². The summed E-state index contributed by atoms with van der Waals surface area (Å²) >= 11 is 0. The molecular formula is C16H24N2O. The molecule has 1 aliphatic rings. The summed E-state index contributed by atoms with van der Waals surface area (Å²) in [5.74, 6) is 0.592. The van der Waals surface area contributed by atoms with Crippen LogP contribution >= 0.6 is 0 Å². The SMILES string of the molecule is CCC[C@H]1CN(C(=O)c2cc(C)ccc2C)C[C@@H]1N. The molecule has 1 saturated heterocycles. The van der Waals surface area contributed by atoms with Gasteiger partial charge in [0.15, 0.2) is 0 Å². The van der Waals surface area contributed by atoms with Gasteiger partial charge in [0.25, 0.3) is 5.91 Å². The smallest absolute Gasteiger partial charge is 0.254 e. The van der Waals surface area contributed by atoms with Crippen LogP contribution in [0.3, 0.4) is 0 Å². The first-order valence-corrected chi connectivity index (χ1v) is 7.15. The number of nitrogens with two attached hydrogens (primary N) is 1. The van der Waals surface area contributed by atoms with E-state index in [9.17, 15) is 4.79 Å². The Morgan fingerprint density at radius 2 is 2.11 bits per heavy atom. The average molecular weight is 260 g/mol. The number of hydrogen-bond donors (Lipinski definition) is 1. The molecule has 1 fully saturated rings. The Kier molecular flexibility index (Phi) is 4.25. The van der Waals surface area contributed by atoms with Gasteiger partial charge >= 0.3 is 0 Å². The van der Waals surface area contributed by atoms with Crippen LogP contribution in [0.15, 0.2) is 18.2 Å². The fraction of sp³-hybridized carbons (Fsp3) is 0.562. The van der Waals surface area contributed by atoms with Crippen molar-refractivity contribution >= 4 is 5.91 Å². The Hall–Kier alpha value is -1.35. The zero-order valence-corrected chi connectivity index (χ0v) is 12.1. The Balaban J connectivity index is 2.15. The third-order valence-electron chi connectivity index (χ3n) is 4.06. The van der Waals surface area contributed by atoms with Gasteiger partial charge in [-0.15, -0.1) is 0 Å². The van der Waals surface area contributed by atoms with Crippen LogP contribution in [0.1, 0.15) is 41.3 Å². The van der Waals surface area contributed by atoms with Crippen LogP contribution in [-0.4, -0.2) is 29.9 Å². The largest absolute Gasteiger partial charge is 0.337 e. The van der Waals surface area contributed by atoms with Gasteiger partial charge in [-0.3, -0.25) is 4.79 Å². The predicted molar refractivity (Wildman–Crippen MR) is 78.2 cm³/mol. The number of rotatable bonds is 3. The fourth-order valence-corrected chi connectivity index (χ4v) is 2.88. The maximum atomic E-state index is 12.6. The predicted octanol–water partition coefficient (Wildman–Crippen LogP) is 2.50. The molecule has 1 amide bonds. The zero-order valence-electron chi connectivity index (χ0n) is 12.1. The second-order valence-corrected chi connectivity index (χ2v) is 5.74.